The van der Waals surface area contributed by atoms with Gasteiger partial charge in [0.1, 0.15) is 4.90 Å². The minimum Gasteiger partial charge on any atom is -0.239 e. The third-order valence-electron chi connectivity index (χ3n) is 2.37. The van der Waals surface area contributed by atoms with Crippen molar-refractivity contribution in [1.29, 1.82) is 0 Å². The van der Waals surface area contributed by atoms with Crippen molar-refractivity contribution in [1.82, 2.24) is 9.78 Å². The molecule has 0 spiro atoms. The highest BCUT2D eigenvalue weighted by atomic mass is 79.9. The van der Waals surface area contributed by atoms with Crippen LogP contribution in [0.3, 0.4) is 0 Å². The normalized spacial score (nSPS) is 11.6. The molecule has 0 radical (unpaired) electrons. The maximum Gasteiger partial charge on any atom is 0.178 e. The molecule has 0 bridgehead atoms. The predicted octanol–water partition coefficient (Wildman–Crippen LogP) is 2.17. The number of sulfone groups is 1. The molecule has 0 unspecified atom stereocenters. The van der Waals surface area contributed by atoms with Gasteiger partial charge in [-0.15, -0.1) is 0 Å². The van der Waals surface area contributed by atoms with Gasteiger partial charge in [-0.25, -0.2) is 13.1 Å². The second-order valence-electron chi connectivity index (χ2n) is 3.66. The second-order valence-corrected chi connectivity index (χ2v) is 6.23. The van der Waals surface area contributed by atoms with Gasteiger partial charge < -0.3 is 0 Å². The van der Waals surface area contributed by atoms with Gasteiger partial charge in [0.2, 0.25) is 0 Å². The Morgan fingerprint density at radius 2 is 2.06 bits per heavy atom. The van der Waals surface area contributed by atoms with E-state index in [-0.39, 0.29) is 4.90 Å². The molecule has 0 N–H and O–H groups in total. The summed E-state index contributed by atoms with van der Waals surface area (Å²) in [5.74, 6) is 0. The molecule has 6 heteroatoms. The number of rotatable bonds is 3. The van der Waals surface area contributed by atoms with E-state index in [1.165, 1.54) is 18.6 Å². The highest BCUT2D eigenvalue weighted by Gasteiger charge is 2.11. The van der Waals surface area contributed by atoms with E-state index in [1.54, 1.807) is 4.68 Å². The highest BCUT2D eigenvalue weighted by molar-refractivity contribution is 9.08. The van der Waals surface area contributed by atoms with Crippen molar-refractivity contribution >= 4 is 25.8 Å². The summed E-state index contributed by atoms with van der Waals surface area (Å²) >= 11 is 3.39. The molecule has 0 saturated carbocycles. The van der Waals surface area contributed by atoms with Gasteiger partial charge in [0.25, 0.3) is 0 Å². The largest absolute Gasteiger partial charge is 0.239 e. The summed E-state index contributed by atoms with van der Waals surface area (Å²) in [6, 6.07) is 7.69. The minimum atomic E-state index is -3.20. The van der Waals surface area contributed by atoms with Crippen LogP contribution in [0.2, 0.25) is 0 Å². The van der Waals surface area contributed by atoms with E-state index >= 15 is 0 Å². The average molecular weight is 315 g/mol. The Labute approximate surface area is 108 Å². The van der Waals surface area contributed by atoms with Crippen molar-refractivity contribution in [3.8, 4) is 5.69 Å². The lowest BCUT2D eigenvalue weighted by Gasteiger charge is -2.05. The fraction of sp³-hybridized carbons (Fsp3) is 0.182. The summed E-state index contributed by atoms with van der Waals surface area (Å²) in [6.45, 7) is 0. The predicted molar refractivity (Wildman–Crippen MR) is 69.3 cm³/mol. The van der Waals surface area contributed by atoms with Crippen LogP contribution in [0.25, 0.3) is 5.69 Å². The van der Waals surface area contributed by atoms with Crippen LogP contribution in [-0.4, -0.2) is 24.5 Å². The van der Waals surface area contributed by atoms with Crippen LogP contribution in [0.1, 0.15) is 5.56 Å². The summed E-state index contributed by atoms with van der Waals surface area (Å²) in [5, 5.41) is 4.77. The first-order valence-electron chi connectivity index (χ1n) is 4.91. The van der Waals surface area contributed by atoms with E-state index in [4.69, 9.17) is 0 Å². The molecule has 4 nitrogen and oxygen atoms in total. The van der Waals surface area contributed by atoms with Gasteiger partial charge in [-0.05, 0) is 11.6 Å². The third-order valence-corrected chi connectivity index (χ3v) is 4.04. The summed E-state index contributed by atoms with van der Waals surface area (Å²) in [4.78, 5) is 0.224. The Morgan fingerprint density at radius 3 is 2.65 bits per heavy atom. The molecule has 0 fully saturated rings. The van der Waals surface area contributed by atoms with Crippen LogP contribution >= 0.6 is 15.9 Å². The van der Waals surface area contributed by atoms with Crippen LogP contribution in [0, 0.1) is 0 Å². The molecule has 0 aliphatic heterocycles. The Kier molecular flexibility index (Phi) is 3.35. The van der Waals surface area contributed by atoms with E-state index in [0.717, 1.165) is 11.3 Å². The molecule has 1 heterocycles. The van der Waals surface area contributed by atoms with Gasteiger partial charge in [-0.1, -0.05) is 34.1 Å². The van der Waals surface area contributed by atoms with Gasteiger partial charge in [-0.2, -0.15) is 5.10 Å². The maximum absolute atomic E-state index is 11.4. The number of hydrogen-bond donors (Lipinski definition) is 0. The molecule has 0 saturated heterocycles. The van der Waals surface area contributed by atoms with E-state index in [9.17, 15) is 8.42 Å². The number of aromatic nitrogens is 2. The monoisotopic (exact) mass is 314 g/mol. The van der Waals surface area contributed by atoms with Crippen molar-refractivity contribution in [2.45, 2.75) is 10.2 Å². The van der Waals surface area contributed by atoms with Crippen molar-refractivity contribution in [3.05, 3.63) is 42.2 Å². The fourth-order valence-corrected chi connectivity index (χ4v) is 2.48. The van der Waals surface area contributed by atoms with Crippen LogP contribution in [0.5, 0.6) is 0 Å². The first-order chi connectivity index (χ1) is 8.02. The van der Waals surface area contributed by atoms with E-state index in [2.05, 4.69) is 21.0 Å². The summed E-state index contributed by atoms with van der Waals surface area (Å²) in [5.41, 5.74) is 1.93. The molecular weight excluding hydrogens is 304 g/mol. The zero-order chi connectivity index (χ0) is 12.5. The number of halogens is 1. The van der Waals surface area contributed by atoms with Crippen molar-refractivity contribution in [2.24, 2.45) is 0 Å². The standard InChI is InChI=1S/C11H11BrN2O2S/c1-17(15,16)10-7-13-14(8-10)11-5-3-2-4-9(11)6-12/h2-5,7-8H,6H2,1H3. The van der Waals surface area contributed by atoms with Gasteiger partial charge in [0.15, 0.2) is 9.84 Å². The Balaban J connectivity index is 2.51. The molecule has 17 heavy (non-hydrogen) atoms. The lowest BCUT2D eigenvalue weighted by Crippen LogP contribution is -1.99. The van der Waals surface area contributed by atoms with Crippen LogP contribution in [0.4, 0.5) is 0 Å². The summed E-state index contributed by atoms with van der Waals surface area (Å²) in [7, 11) is -3.20. The molecule has 1 aromatic carbocycles. The van der Waals surface area contributed by atoms with Crippen molar-refractivity contribution in [3.63, 3.8) is 0 Å². The van der Waals surface area contributed by atoms with Gasteiger partial charge >= 0.3 is 0 Å². The maximum atomic E-state index is 11.4. The number of hydrogen-bond acceptors (Lipinski definition) is 3. The number of para-hydroxylation sites is 1. The first-order valence-corrected chi connectivity index (χ1v) is 7.92. The SMILES string of the molecule is CS(=O)(=O)c1cnn(-c2ccccc2CBr)c1. The van der Waals surface area contributed by atoms with E-state index in [0.29, 0.717) is 5.33 Å². The Bertz CT molecular complexity index is 634. The average Bonchev–Trinajstić information content (AvgIpc) is 2.77. The van der Waals surface area contributed by atoms with Crippen molar-refractivity contribution in [2.75, 3.05) is 6.26 Å². The lowest BCUT2D eigenvalue weighted by atomic mass is 10.2. The summed E-state index contributed by atoms with van der Waals surface area (Å²) < 4.78 is 24.3. The molecule has 0 aliphatic carbocycles. The van der Waals surface area contributed by atoms with E-state index in [1.807, 2.05) is 24.3 Å². The fourth-order valence-electron chi connectivity index (χ4n) is 1.48. The third kappa shape index (κ3) is 2.58. The number of nitrogens with zero attached hydrogens (tertiary/aromatic N) is 2. The first kappa shape index (κ1) is 12.3. The zero-order valence-electron chi connectivity index (χ0n) is 9.17. The smallest absolute Gasteiger partial charge is 0.178 e. The molecular formula is C11H11BrN2O2S. The van der Waals surface area contributed by atoms with Crippen LogP contribution < -0.4 is 0 Å². The topological polar surface area (TPSA) is 52.0 Å². The lowest BCUT2D eigenvalue weighted by molar-refractivity contribution is 0.602. The molecule has 0 amide bonds. The van der Waals surface area contributed by atoms with Crippen LogP contribution in [-0.2, 0) is 15.2 Å². The second kappa shape index (κ2) is 4.62. The molecule has 2 rings (SSSR count). The Hall–Kier alpha value is -1.14. The molecule has 1 aromatic heterocycles. The minimum absolute atomic E-state index is 0.224. The van der Waals surface area contributed by atoms with Gasteiger partial charge in [0.05, 0.1) is 11.9 Å². The zero-order valence-corrected chi connectivity index (χ0v) is 11.6. The molecule has 2 aromatic rings. The highest BCUT2D eigenvalue weighted by Crippen LogP contribution is 2.18. The quantitative estimate of drug-likeness (QED) is 0.816. The molecule has 90 valence electrons. The number of benzene rings is 1. The Morgan fingerprint density at radius 1 is 1.35 bits per heavy atom. The van der Waals surface area contributed by atoms with Crippen molar-refractivity contribution < 1.29 is 8.42 Å². The molecule has 0 aliphatic rings. The van der Waals surface area contributed by atoms with Gasteiger partial charge in [-0.3, -0.25) is 0 Å². The van der Waals surface area contributed by atoms with E-state index < -0.39 is 9.84 Å². The molecule has 0 atom stereocenters. The van der Waals surface area contributed by atoms with Gasteiger partial charge in [0, 0.05) is 17.8 Å². The van der Waals surface area contributed by atoms with Crippen LogP contribution in [0.15, 0.2) is 41.6 Å². The number of alkyl halides is 1. The summed E-state index contributed by atoms with van der Waals surface area (Å²) in [6.07, 6.45) is 4.06.